The van der Waals surface area contributed by atoms with E-state index in [2.05, 4.69) is 22.1 Å². The monoisotopic (exact) mass is 496 g/mol. The van der Waals surface area contributed by atoms with Crippen LogP contribution in [0.5, 0.6) is 5.88 Å². The number of halogens is 1. The summed E-state index contributed by atoms with van der Waals surface area (Å²) in [4.78, 5) is 33.6. The second-order valence-corrected chi connectivity index (χ2v) is 9.07. The zero-order valence-electron chi connectivity index (χ0n) is 21.1. The first kappa shape index (κ1) is 27.0. The summed E-state index contributed by atoms with van der Waals surface area (Å²) in [6.45, 7) is 6.04. The second kappa shape index (κ2) is 12.4. The van der Waals surface area contributed by atoms with Gasteiger partial charge >= 0.3 is 6.03 Å². The van der Waals surface area contributed by atoms with Gasteiger partial charge in [0.05, 0.1) is 19.2 Å². The number of hydrogen-bond acceptors (Lipinski definition) is 5. The Hall–Kier alpha value is -3.64. The lowest BCUT2D eigenvalue weighted by Crippen LogP contribution is -2.50. The molecule has 9 heteroatoms. The Labute approximate surface area is 211 Å². The number of likely N-dealkylation sites (N-methyl/N-ethyl adjacent to an activating group) is 1. The standard InChI is InChI=1S/C27H33FN4O4/c1-5-6-7-9-20-12-23-25(29-14-20)36-24(18(2)15-32(26(23)34)19(3)17-33)16-31(4)27(35)30-22-11-8-10-21(28)13-22/h8,10-14,18-19,24,33H,5-6,15-17H2,1-4H3,(H,30,35)/t18-,19+,24-/m0/s1. The lowest BCUT2D eigenvalue weighted by molar-refractivity contribution is 0.0356. The van der Waals surface area contributed by atoms with E-state index in [0.717, 1.165) is 12.8 Å². The lowest BCUT2D eigenvalue weighted by Gasteiger charge is -2.37. The van der Waals surface area contributed by atoms with Crippen LogP contribution < -0.4 is 10.1 Å². The average Bonchev–Trinajstić information content (AvgIpc) is 2.86. The summed E-state index contributed by atoms with van der Waals surface area (Å²) >= 11 is 0. The molecule has 0 bridgehead atoms. The number of ether oxygens (including phenoxy) is 1. The quantitative estimate of drug-likeness (QED) is 0.594. The number of carbonyl (C=O) groups is 2. The maximum Gasteiger partial charge on any atom is 0.321 e. The Morgan fingerprint density at radius 3 is 2.89 bits per heavy atom. The van der Waals surface area contributed by atoms with Gasteiger partial charge in [0.15, 0.2) is 0 Å². The molecular weight excluding hydrogens is 463 g/mol. The van der Waals surface area contributed by atoms with Crippen LogP contribution in [0.15, 0.2) is 36.5 Å². The van der Waals surface area contributed by atoms with Crippen molar-refractivity contribution in [3.63, 3.8) is 0 Å². The zero-order chi connectivity index (χ0) is 26.2. The summed E-state index contributed by atoms with van der Waals surface area (Å²) in [5, 5.41) is 12.5. The maximum absolute atomic E-state index is 13.5. The maximum atomic E-state index is 13.5. The number of nitrogens with one attached hydrogen (secondary N) is 1. The van der Waals surface area contributed by atoms with Gasteiger partial charge in [-0.15, -0.1) is 0 Å². The summed E-state index contributed by atoms with van der Waals surface area (Å²) in [5.41, 5.74) is 1.21. The Kier molecular flexibility index (Phi) is 9.25. The number of urea groups is 1. The summed E-state index contributed by atoms with van der Waals surface area (Å²) in [7, 11) is 1.61. The van der Waals surface area contributed by atoms with Gasteiger partial charge in [-0.3, -0.25) is 4.79 Å². The number of aliphatic hydroxyl groups excluding tert-OH is 1. The molecule has 1 aliphatic rings. The number of hydrogen-bond donors (Lipinski definition) is 2. The normalized spacial score (nSPS) is 18.1. The van der Waals surface area contributed by atoms with Crippen molar-refractivity contribution in [3.05, 3.63) is 53.5 Å². The molecule has 0 spiro atoms. The van der Waals surface area contributed by atoms with Crippen molar-refractivity contribution in [3.8, 4) is 17.7 Å². The Bertz CT molecular complexity index is 1150. The summed E-state index contributed by atoms with van der Waals surface area (Å²) in [6, 6.07) is 6.47. The number of aromatic nitrogens is 1. The fraction of sp³-hybridized carbons (Fsp3) is 0.444. The van der Waals surface area contributed by atoms with E-state index in [9.17, 15) is 19.1 Å². The van der Waals surface area contributed by atoms with Crippen LogP contribution in [0.3, 0.4) is 0 Å². The van der Waals surface area contributed by atoms with Crippen molar-refractivity contribution in [1.82, 2.24) is 14.8 Å². The third kappa shape index (κ3) is 6.73. The molecule has 8 nitrogen and oxygen atoms in total. The number of anilines is 1. The van der Waals surface area contributed by atoms with E-state index in [1.807, 2.05) is 13.8 Å². The zero-order valence-corrected chi connectivity index (χ0v) is 21.1. The van der Waals surface area contributed by atoms with Crippen LogP contribution >= 0.6 is 0 Å². The molecule has 2 N–H and O–H groups in total. The molecule has 2 heterocycles. The largest absolute Gasteiger partial charge is 0.472 e. The lowest BCUT2D eigenvalue weighted by atomic mass is 10.00. The summed E-state index contributed by atoms with van der Waals surface area (Å²) in [5.74, 6) is 5.31. The first-order chi connectivity index (χ1) is 17.2. The predicted molar refractivity (Wildman–Crippen MR) is 135 cm³/mol. The van der Waals surface area contributed by atoms with Gasteiger partial charge in [-0.25, -0.2) is 14.2 Å². The van der Waals surface area contributed by atoms with Crippen LogP contribution in [0, 0.1) is 23.6 Å². The van der Waals surface area contributed by atoms with Crippen molar-refractivity contribution >= 4 is 17.6 Å². The van der Waals surface area contributed by atoms with E-state index in [1.165, 1.54) is 23.1 Å². The summed E-state index contributed by atoms with van der Waals surface area (Å²) in [6.07, 6.45) is 2.73. The Morgan fingerprint density at radius 1 is 1.42 bits per heavy atom. The van der Waals surface area contributed by atoms with Crippen LogP contribution in [-0.4, -0.2) is 70.7 Å². The minimum absolute atomic E-state index is 0.159. The number of aliphatic hydroxyl groups is 1. The molecule has 0 radical (unpaired) electrons. The van der Waals surface area contributed by atoms with E-state index in [4.69, 9.17) is 4.74 Å². The van der Waals surface area contributed by atoms with Crippen molar-refractivity contribution in [1.29, 1.82) is 0 Å². The number of rotatable bonds is 6. The Morgan fingerprint density at radius 2 is 2.19 bits per heavy atom. The third-order valence-corrected chi connectivity index (χ3v) is 6.01. The molecule has 2 aromatic rings. The van der Waals surface area contributed by atoms with Crippen molar-refractivity contribution in [2.75, 3.05) is 32.1 Å². The molecule has 1 aromatic heterocycles. The van der Waals surface area contributed by atoms with Crippen LogP contribution in [-0.2, 0) is 0 Å². The molecule has 3 rings (SSSR count). The highest BCUT2D eigenvalue weighted by Gasteiger charge is 2.34. The first-order valence-electron chi connectivity index (χ1n) is 12.1. The minimum atomic E-state index is -0.502. The SMILES string of the molecule is CCCC#Cc1cnc2c(c1)C(=O)N([C@H](C)CO)C[C@H](C)[C@H](CN(C)C(=O)Nc1cccc(F)c1)O2. The van der Waals surface area contributed by atoms with E-state index in [1.54, 1.807) is 37.2 Å². The third-order valence-electron chi connectivity index (χ3n) is 6.01. The number of unbranched alkanes of at least 4 members (excludes halogenated alkanes) is 1. The van der Waals surface area contributed by atoms with Crippen LogP contribution in [0.2, 0.25) is 0 Å². The number of amides is 3. The highest BCUT2D eigenvalue weighted by atomic mass is 19.1. The van der Waals surface area contributed by atoms with Crippen LogP contribution in [0.1, 0.15) is 49.5 Å². The summed E-state index contributed by atoms with van der Waals surface area (Å²) < 4.78 is 19.7. The molecule has 1 aliphatic heterocycles. The molecule has 0 saturated carbocycles. The molecule has 3 amide bonds. The second-order valence-electron chi connectivity index (χ2n) is 9.07. The molecule has 192 valence electrons. The molecule has 3 atom stereocenters. The number of pyridine rings is 1. The topological polar surface area (TPSA) is 95.0 Å². The van der Waals surface area contributed by atoms with Gasteiger partial charge in [-0.05, 0) is 37.6 Å². The highest BCUT2D eigenvalue weighted by Crippen LogP contribution is 2.27. The van der Waals surface area contributed by atoms with Gasteiger partial charge < -0.3 is 25.0 Å². The van der Waals surface area contributed by atoms with Crippen molar-refractivity contribution in [2.24, 2.45) is 5.92 Å². The fourth-order valence-corrected chi connectivity index (χ4v) is 3.82. The smallest absolute Gasteiger partial charge is 0.321 e. The van der Waals surface area contributed by atoms with Crippen LogP contribution in [0.4, 0.5) is 14.9 Å². The van der Waals surface area contributed by atoms with Gasteiger partial charge in [-0.1, -0.05) is 31.8 Å². The number of benzene rings is 1. The first-order valence-corrected chi connectivity index (χ1v) is 12.1. The minimum Gasteiger partial charge on any atom is -0.472 e. The van der Waals surface area contributed by atoms with Crippen molar-refractivity contribution < 1.29 is 23.8 Å². The molecule has 0 saturated heterocycles. The number of fused-ring (bicyclic) bond motifs is 1. The average molecular weight is 497 g/mol. The van der Waals surface area contributed by atoms with Gasteiger partial charge in [0.25, 0.3) is 5.91 Å². The Balaban J connectivity index is 1.87. The molecule has 1 aromatic carbocycles. The number of carbonyl (C=O) groups excluding carboxylic acids is 2. The predicted octanol–water partition coefficient (Wildman–Crippen LogP) is 3.76. The molecule has 36 heavy (non-hydrogen) atoms. The van der Waals surface area contributed by atoms with Gasteiger partial charge in [0.1, 0.15) is 17.5 Å². The molecular formula is C27H33FN4O4. The van der Waals surface area contributed by atoms with Gasteiger partial charge in [-0.2, -0.15) is 0 Å². The van der Waals surface area contributed by atoms with Gasteiger partial charge in [0, 0.05) is 43.4 Å². The van der Waals surface area contributed by atoms with E-state index >= 15 is 0 Å². The van der Waals surface area contributed by atoms with Crippen molar-refractivity contribution in [2.45, 2.75) is 45.8 Å². The van der Waals surface area contributed by atoms with E-state index in [0.29, 0.717) is 17.8 Å². The highest BCUT2D eigenvalue weighted by molar-refractivity contribution is 5.97. The van der Waals surface area contributed by atoms with E-state index in [-0.39, 0.29) is 36.4 Å². The van der Waals surface area contributed by atoms with E-state index < -0.39 is 24.0 Å². The number of nitrogens with zero attached hydrogens (tertiary/aromatic N) is 3. The molecule has 0 aliphatic carbocycles. The molecule has 0 unspecified atom stereocenters. The fourth-order valence-electron chi connectivity index (χ4n) is 3.82. The molecule has 0 fully saturated rings. The van der Waals surface area contributed by atoms with Gasteiger partial charge in [0.2, 0.25) is 5.88 Å². The van der Waals surface area contributed by atoms with Crippen LogP contribution in [0.25, 0.3) is 0 Å².